The number of allylic oxidation sites excluding steroid dienone is 1. The first kappa shape index (κ1) is 26.0. The molecular weight excluding hydrogens is 492 g/mol. The topological polar surface area (TPSA) is 88.4 Å². The van der Waals surface area contributed by atoms with E-state index in [4.69, 9.17) is 18.9 Å². The molecule has 1 atom stereocenters. The van der Waals surface area contributed by atoms with Gasteiger partial charge in [0.25, 0.3) is 5.56 Å². The quantitative estimate of drug-likeness (QED) is 0.318. The third kappa shape index (κ3) is 5.22. The normalized spacial score (nSPS) is 15.0. The van der Waals surface area contributed by atoms with Crippen LogP contribution in [0.5, 0.6) is 17.2 Å². The lowest BCUT2D eigenvalue weighted by molar-refractivity contribution is -0.139. The largest absolute Gasteiger partial charge is 0.497 e. The summed E-state index contributed by atoms with van der Waals surface area (Å²) in [6, 6.07) is 12.0. The summed E-state index contributed by atoms with van der Waals surface area (Å²) in [6.07, 6.45) is 3.43. The molecule has 2 heterocycles. The van der Waals surface area contributed by atoms with E-state index in [0.29, 0.717) is 44.5 Å². The number of methoxy groups -OCH3 is 2. The van der Waals surface area contributed by atoms with Crippen LogP contribution in [-0.2, 0) is 9.53 Å². The molecule has 0 aliphatic carbocycles. The zero-order valence-corrected chi connectivity index (χ0v) is 22.0. The van der Waals surface area contributed by atoms with E-state index in [1.807, 2.05) is 18.2 Å². The molecule has 1 aliphatic heterocycles. The molecule has 192 valence electrons. The van der Waals surface area contributed by atoms with Gasteiger partial charge in [0.2, 0.25) is 0 Å². The third-order valence-electron chi connectivity index (χ3n) is 5.79. The highest BCUT2D eigenvalue weighted by Crippen LogP contribution is 2.32. The van der Waals surface area contributed by atoms with E-state index >= 15 is 0 Å². The van der Waals surface area contributed by atoms with Crippen LogP contribution in [-0.4, -0.2) is 38.0 Å². The van der Waals surface area contributed by atoms with Crippen LogP contribution in [0.3, 0.4) is 0 Å². The highest BCUT2D eigenvalue weighted by atomic mass is 32.1. The second-order valence-electron chi connectivity index (χ2n) is 8.09. The van der Waals surface area contributed by atoms with Gasteiger partial charge in [0.05, 0.1) is 42.7 Å². The molecule has 0 radical (unpaired) electrons. The Kier molecular flexibility index (Phi) is 7.93. The second kappa shape index (κ2) is 11.3. The molecule has 0 saturated carbocycles. The van der Waals surface area contributed by atoms with E-state index in [9.17, 15) is 9.59 Å². The average Bonchev–Trinajstić information content (AvgIpc) is 3.21. The second-order valence-corrected chi connectivity index (χ2v) is 9.09. The smallest absolute Gasteiger partial charge is 0.338 e. The van der Waals surface area contributed by atoms with E-state index in [-0.39, 0.29) is 12.2 Å². The van der Waals surface area contributed by atoms with Crippen molar-refractivity contribution in [3.05, 3.63) is 97.2 Å². The van der Waals surface area contributed by atoms with Crippen molar-refractivity contribution in [2.75, 3.05) is 27.4 Å². The molecule has 0 N–H and O–H groups in total. The van der Waals surface area contributed by atoms with Crippen molar-refractivity contribution in [3.63, 3.8) is 0 Å². The lowest BCUT2D eigenvalue weighted by Crippen LogP contribution is -2.39. The molecule has 0 bridgehead atoms. The molecule has 3 aromatic rings. The van der Waals surface area contributed by atoms with Crippen molar-refractivity contribution in [2.45, 2.75) is 19.9 Å². The van der Waals surface area contributed by atoms with Crippen LogP contribution in [0, 0.1) is 0 Å². The Bertz CT molecular complexity index is 1530. The fourth-order valence-electron chi connectivity index (χ4n) is 4.09. The number of thiazole rings is 1. The minimum absolute atomic E-state index is 0.212. The van der Waals surface area contributed by atoms with E-state index in [0.717, 1.165) is 11.1 Å². The van der Waals surface area contributed by atoms with Crippen molar-refractivity contribution < 1.29 is 23.7 Å². The van der Waals surface area contributed by atoms with Crippen LogP contribution in [0.4, 0.5) is 0 Å². The maximum absolute atomic E-state index is 13.7. The molecule has 1 aromatic heterocycles. The van der Waals surface area contributed by atoms with Gasteiger partial charge in [-0.05, 0) is 55.3 Å². The van der Waals surface area contributed by atoms with Gasteiger partial charge in [-0.3, -0.25) is 9.36 Å². The molecule has 9 heteroatoms. The van der Waals surface area contributed by atoms with E-state index in [1.165, 1.54) is 11.3 Å². The number of hydrogen-bond acceptors (Lipinski definition) is 8. The average molecular weight is 521 g/mol. The molecule has 0 saturated heterocycles. The van der Waals surface area contributed by atoms with Gasteiger partial charge < -0.3 is 18.9 Å². The monoisotopic (exact) mass is 520 g/mol. The predicted molar refractivity (Wildman–Crippen MR) is 142 cm³/mol. The summed E-state index contributed by atoms with van der Waals surface area (Å²) in [5.74, 6) is 1.29. The van der Waals surface area contributed by atoms with E-state index < -0.39 is 12.0 Å². The van der Waals surface area contributed by atoms with Crippen LogP contribution >= 0.6 is 11.3 Å². The molecule has 0 spiro atoms. The standard InChI is InChI=1S/C28H28N2O6S/c1-6-14-36-21-13-8-18(15-22(21)34-5)16-23-26(31)30-25(19-9-11-20(33-4)12-10-19)24(27(32)35-7-2)17(3)29-28(30)37-23/h6,8-13,15-16,25H,1,7,14H2,2-5H3/b23-16-/t25-/m0/s1. The van der Waals surface area contributed by atoms with Crippen molar-refractivity contribution in [1.82, 2.24) is 4.57 Å². The summed E-state index contributed by atoms with van der Waals surface area (Å²) in [7, 11) is 3.14. The van der Waals surface area contributed by atoms with Crippen LogP contribution in [0.2, 0.25) is 0 Å². The first-order valence-corrected chi connectivity index (χ1v) is 12.5. The van der Waals surface area contributed by atoms with Gasteiger partial charge in [0, 0.05) is 0 Å². The molecule has 1 aliphatic rings. The Morgan fingerprint density at radius 1 is 1.14 bits per heavy atom. The molecule has 2 aromatic carbocycles. The third-order valence-corrected chi connectivity index (χ3v) is 6.77. The number of carbonyl (C=O) groups is 1. The van der Waals surface area contributed by atoms with Gasteiger partial charge in [-0.1, -0.05) is 42.2 Å². The summed E-state index contributed by atoms with van der Waals surface area (Å²) < 4.78 is 23.7. The maximum Gasteiger partial charge on any atom is 0.338 e. The fraction of sp³-hybridized carbons (Fsp3) is 0.250. The van der Waals surface area contributed by atoms with Crippen LogP contribution < -0.4 is 29.1 Å². The predicted octanol–water partition coefficient (Wildman–Crippen LogP) is 3.38. The van der Waals surface area contributed by atoms with Crippen molar-refractivity contribution in [1.29, 1.82) is 0 Å². The number of ether oxygens (including phenoxy) is 4. The number of benzene rings is 2. The Morgan fingerprint density at radius 3 is 2.54 bits per heavy atom. The number of fused-ring (bicyclic) bond motifs is 1. The van der Waals surface area contributed by atoms with E-state index in [2.05, 4.69) is 11.6 Å². The number of rotatable bonds is 9. The van der Waals surface area contributed by atoms with Gasteiger partial charge in [0.1, 0.15) is 12.4 Å². The number of nitrogens with zero attached hydrogens (tertiary/aromatic N) is 2. The van der Waals surface area contributed by atoms with Crippen LogP contribution in [0.1, 0.15) is 31.0 Å². The number of esters is 1. The zero-order valence-electron chi connectivity index (χ0n) is 21.1. The molecule has 8 nitrogen and oxygen atoms in total. The van der Waals surface area contributed by atoms with E-state index in [1.54, 1.807) is 69.1 Å². The van der Waals surface area contributed by atoms with Gasteiger partial charge in [-0.2, -0.15) is 0 Å². The molecule has 4 rings (SSSR count). The molecule has 0 amide bonds. The summed E-state index contributed by atoms with van der Waals surface area (Å²) >= 11 is 1.26. The molecular formula is C28H28N2O6S. The SMILES string of the molecule is C=CCOc1ccc(/C=c2\sc3n(c2=O)[C@@H](c2ccc(OC)cc2)C(C(=O)OCC)=C(C)N=3)cc1OC. The molecule has 0 fully saturated rings. The highest BCUT2D eigenvalue weighted by Gasteiger charge is 2.33. The Labute approximate surface area is 218 Å². The first-order valence-electron chi connectivity index (χ1n) is 11.7. The Morgan fingerprint density at radius 2 is 1.89 bits per heavy atom. The van der Waals surface area contributed by atoms with Gasteiger partial charge in [-0.15, -0.1) is 0 Å². The van der Waals surface area contributed by atoms with Crippen molar-refractivity contribution in [3.8, 4) is 17.2 Å². The van der Waals surface area contributed by atoms with Crippen molar-refractivity contribution >= 4 is 23.4 Å². The lowest BCUT2D eigenvalue weighted by atomic mass is 9.96. The van der Waals surface area contributed by atoms with Crippen LogP contribution in [0.25, 0.3) is 6.08 Å². The van der Waals surface area contributed by atoms with Gasteiger partial charge in [0.15, 0.2) is 16.3 Å². The molecule has 0 unspecified atom stereocenters. The summed E-state index contributed by atoms with van der Waals surface area (Å²) in [4.78, 5) is 31.8. The number of carbonyl (C=O) groups excluding carboxylic acids is 1. The molecule has 37 heavy (non-hydrogen) atoms. The Hall–Kier alpha value is -4.11. The van der Waals surface area contributed by atoms with Crippen LogP contribution in [0.15, 0.2) is 76.2 Å². The lowest BCUT2D eigenvalue weighted by Gasteiger charge is -2.24. The minimum Gasteiger partial charge on any atom is -0.497 e. The number of aromatic nitrogens is 1. The van der Waals surface area contributed by atoms with Gasteiger partial charge >= 0.3 is 5.97 Å². The minimum atomic E-state index is -0.687. The van der Waals surface area contributed by atoms with Crippen molar-refractivity contribution in [2.24, 2.45) is 4.99 Å². The maximum atomic E-state index is 13.7. The zero-order chi connectivity index (χ0) is 26.5. The first-order chi connectivity index (χ1) is 17.9. The number of hydrogen-bond donors (Lipinski definition) is 0. The highest BCUT2D eigenvalue weighted by molar-refractivity contribution is 7.07. The summed E-state index contributed by atoms with van der Waals surface area (Å²) in [6.45, 7) is 7.72. The van der Waals surface area contributed by atoms with Gasteiger partial charge in [-0.25, -0.2) is 9.79 Å². The summed E-state index contributed by atoms with van der Waals surface area (Å²) in [5, 5.41) is 0. The fourth-order valence-corrected chi connectivity index (χ4v) is 5.13. The Balaban J connectivity index is 1.87. The summed E-state index contributed by atoms with van der Waals surface area (Å²) in [5.41, 5.74) is 2.09.